The molecule has 0 spiro atoms. The number of nitrogens with zero attached hydrogens (tertiary/aromatic N) is 3. The zero-order valence-corrected chi connectivity index (χ0v) is 14.4. The minimum absolute atomic E-state index is 0.104. The van der Waals surface area contributed by atoms with Gasteiger partial charge in [0, 0.05) is 49.4 Å². The summed E-state index contributed by atoms with van der Waals surface area (Å²) in [4.78, 5) is 16.3. The highest BCUT2D eigenvalue weighted by Gasteiger charge is 2.21. The largest absolute Gasteiger partial charge is 0.399 e. The second-order valence-corrected chi connectivity index (χ2v) is 5.99. The quantitative estimate of drug-likeness (QED) is 0.503. The van der Waals surface area contributed by atoms with Crippen molar-refractivity contribution < 1.29 is 4.79 Å². The first-order valence-electron chi connectivity index (χ1n) is 8.51. The number of nitriles is 1. The molecule has 1 saturated heterocycles. The van der Waals surface area contributed by atoms with Gasteiger partial charge in [-0.3, -0.25) is 4.79 Å². The third kappa shape index (κ3) is 4.02. The number of benzene rings is 2. The highest BCUT2D eigenvalue weighted by atomic mass is 16.2. The Morgan fingerprint density at radius 1 is 1.08 bits per heavy atom. The molecule has 132 valence electrons. The van der Waals surface area contributed by atoms with Crippen molar-refractivity contribution in [3.63, 3.8) is 0 Å². The molecule has 1 aliphatic heterocycles. The Bertz CT molecular complexity index is 818. The van der Waals surface area contributed by atoms with E-state index in [0.29, 0.717) is 18.8 Å². The molecule has 1 aliphatic rings. The summed E-state index contributed by atoms with van der Waals surface area (Å²) in [6.45, 7) is 2.69. The number of anilines is 3. The first kappa shape index (κ1) is 17.5. The van der Waals surface area contributed by atoms with E-state index in [4.69, 9.17) is 5.73 Å². The molecular formula is C20H21N5O. The summed E-state index contributed by atoms with van der Waals surface area (Å²) < 4.78 is 0. The normalized spacial score (nSPS) is 14.6. The molecule has 2 aromatic carbocycles. The average Bonchev–Trinajstić information content (AvgIpc) is 2.71. The Morgan fingerprint density at radius 3 is 2.31 bits per heavy atom. The monoisotopic (exact) mass is 347 g/mol. The van der Waals surface area contributed by atoms with Crippen LogP contribution in [0.3, 0.4) is 0 Å². The third-order valence-electron chi connectivity index (χ3n) is 4.22. The molecule has 6 heteroatoms. The lowest BCUT2D eigenvalue weighted by Crippen LogP contribution is -2.46. The molecule has 0 radical (unpaired) electrons. The van der Waals surface area contributed by atoms with E-state index < -0.39 is 0 Å². The van der Waals surface area contributed by atoms with Crippen molar-refractivity contribution in [2.45, 2.75) is 0 Å². The Labute approximate surface area is 153 Å². The lowest BCUT2D eigenvalue weighted by Gasteiger charge is -2.28. The van der Waals surface area contributed by atoms with Crippen LogP contribution in [0.15, 0.2) is 66.4 Å². The summed E-state index contributed by atoms with van der Waals surface area (Å²) in [5, 5.41) is 12.8. The van der Waals surface area contributed by atoms with E-state index in [2.05, 4.69) is 11.4 Å². The van der Waals surface area contributed by atoms with Crippen LogP contribution < -0.4 is 16.0 Å². The van der Waals surface area contributed by atoms with Gasteiger partial charge in [-0.1, -0.05) is 18.2 Å². The van der Waals surface area contributed by atoms with Crippen LogP contribution in [0, 0.1) is 11.3 Å². The third-order valence-corrected chi connectivity index (χ3v) is 4.22. The minimum Gasteiger partial charge on any atom is -0.399 e. The molecule has 1 amide bonds. The second kappa shape index (κ2) is 8.19. The number of hydrogen-bond donors (Lipinski definition) is 2. The fourth-order valence-electron chi connectivity index (χ4n) is 2.82. The maximum absolute atomic E-state index is 12.7. The van der Waals surface area contributed by atoms with Crippen LogP contribution in [0.25, 0.3) is 0 Å². The van der Waals surface area contributed by atoms with E-state index in [-0.39, 0.29) is 11.5 Å². The molecule has 1 fully saturated rings. The molecule has 0 aliphatic carbocycles. The Morgan fingerprint density at radius 2 is 1.69 bits per heavy atom. The SMILES string of the molecule is N#C/C(=C/N(c1ccccc1)c1ccc(N)cc1)C(=O)N1CCNCC1. The fraction of sp³-hybridized carbons (Fsp3) is 0.200. The maximum atomic E-state index is 12.7. The van der Waals surface area contributed by atoms with Crippen molar-refractivity contribution in [1.82, 2.24) is 10.2 Å². The van der Waals surface area contributed by atoms with Gasteiger partial charge >= 0.3 is 0 Å². The van der Waals surface area contributed by atoms with Crippen LogP contribution in [0.5, 0.6) is 0 Å². The van der Waals surface area contributed by atoms with Crippen LogP contribution >= 0.6 is 0 Å². The van der Waals surface area contributed by atoms with E-state index in [1.165, 1.54) is 0 Å². The number of hydrogen-bond acceptors (Lipinski definition) is 5. The standard InChI is InChI=1S/C20H21N5O/c21-14-16(20(26)24-12-10-23-11-13-24)15-25(18-4-2-1-3-5-18)19-8-6-17(22)7-9-19/h1-9,15,23H,10-13,22H2/b16-15-. The van der Waals surface area contributed by atoms with E-state index in [1.807, 2.05) is 47.4 Å². The molecule has 2 aromatic rings. The molecule has 3 N–H and O–H groups in total. The lowest BCUT2D eigenvalue weighted by molar-refractivity contribution is -0.127. The van der Waals surface area contributed by atoms with Gasteiger partial charge in [0.25, 0.3) is 5.91 Å². The average molecular weight is 347 g/mol. The van der Waals surface area contributed by atoms with Gasteiger partial charge < -0.3 is 20.9 Å². The molecule has 6 nitrogen and oxygen atoms in total. The van der Waals surface area contributed by atoms with Gasteiger partial charge in [0.05, 0.1) is 0 Å². The van der Waals surface area contributed by atoms with E-state index >= 15 is 0 Å². The number of nitrogens with two attached hydrogens (primary N) is 1. The summed E-state index contributed by atoms with van der Waals surface area (Å²) in [6.07, 6.45) is 1.60. The maximum Gasteiger partial charge on any atom is 0.266 e. The summed E-state index contributed by atoms with van der Waals surface area (Å²) in [5.74, 6) is -0.245. The summed E-state index contributed by atoms with van der Waals surface area (Å²) in [6, 6.07) is 19.0. The topological polar surface area (TPSA) is 85.4 Å². The van der Waals surface area contributed by atoms with Gasteiger partial charge in [0.2, 0.25) is 0 Å². The summed E-state index contributed by atoms with van der Waals surface area (Å²) in [5.41, 5.74) is 8.23. The smallest absolute Gasteiger partial charge is 0.266 e. The van der Waals surface area contributed by atoms with Crippen molar-refractivity contribution >= 4 is 23.0 Å². The number of amides is 1. The van der Waals surface area contributed by atoms with Gasteiger partial charge in [-0.25, -0.2) is 0 Å². The number of carbonyl (C=O) groups is 1. The van der Waals surface area contributed by atoms with Crippen molar-refractivity contribution in [2.75, 3.05) is 36.8 Å². The fourth-order valence-corrected chi connectivity index (χ4v) is 2.82. The molecule has 26 heavy (non-hydrogen) atoms. The lowest BCUT2D eigenvalue weighted by atomic mass is 10.2. The van der Waals surface area contributed by atoms with Crippen molar-refractivity contribution in [3.05, 3.63) is 66.4 Å². The van der Waals surface area contributed by atoms with Crippen LogP contribution in [-0.2, 0) is 4.79 Å². The molecule has 0 aromatic heterocycles. The number of nitrogen functional groups attached to an aromatic ring is 1. The Hall–Kier alpha value is -3.30. The molecule has 0 unspecified atom stereocenters. The van der Waals surface area contributed by atoms with Crippen LogP contribution in [0.1, 0.15) is 0 Å². The molecule has 0 bridgehead atoms. The highest BCUT2D eigenvalue weighted by Crippen LogP contribution is 2.27. The zero-order chi connectivity index (χ0) is 18.4. The van der Waals surface area contributed by atoms with Crippen molar-refractivity contribution in [1.29, 1.82) is 5.26 Å². The van der Waals surface area contributed by atoms with E-state index in [0.717, 1.165) is 24.5 Å². The first-order valence-corrected chi connectivity index (χ1v) is 8.51. The van der Waals surface area contributed by atoms with Crippen molar-refractivity contribution in [2.24, 2.45) is 0 Å². The number of rotatable bonds is 4. The van der Waals surface area contributed by atoms with Gasteiger partial charge in [0.1, 0.15) is 11.6 Å². The molecule has 0 saturated carbocycles. The summed E-state index contributed by atoms with van der Waals surface area (Å²) in [7, 11) is 0. The number of piperazine rings is 1. The number of para-hydroxylation sites is 1. The Kier molecular flexibility index (Phi) is 5.52. The van der Waals surface area contributed by atoms with Gasteiger partial charge in [-0.05, 0) is 36.4 Å². The molecule has 1 heterocycles. The van der Waals surface area contributed by atoms with Crippen LogP contribution in [0.4, 0.5) is 17.1 Å². The zero-order valence-electron chi connectivity index (χ0n) is 14.4. The van der Waals surface area contributed by atoms with Gasteiger partial charge in [-0.2, -0.15) is 5.26 Å². The molecule has 0 atom stereocenters. The Balaban J connectivity index is 1.97. The van der Waals surface area contributed by atoms with Crippen LogP contribution in [0.2, 0.25) is 0 Å². The predicted octanol–water partition coefficient (Wildman–Crippen LogP) is 2.25. The first-order chi connectivity index (χ1) is 12.7. The van der Waals surface area contributed by atoms with Crippen molar-refractivity contribution in [3.8, 4) is 6.07 Å². The van der Waals surface area contributed by atoms with Gasteiger partial charge in [-0.15, -0.1) is 0 Å². The van der Waals surface area contributed by atoms with Crippen LogP contribution in [-0.4, -0.2) is 37.0 Å². The predicted molar refractivity (Wildman–Crippen MR) is 103 cm³/mol. The highest BCUT2D eigenvalue weighted by molar-refractivity contribution is 5.98. The van der Waals surface area contributed by atoms with E-state index in [1.54, 1.807) is 23.2 Å². The number of nitrogens with one attached hydrogen (secondary N) is 1. The van der Waals surface area contributed by atoms with Gasteiger partial charge in [0.15, 0.2) is 0 Å². The molecule has 3 rings (SSSR count). The second-order valence-electron chi connectivity index (χ2n) is 5.99. The number of carbonyl (C=O) groups excluding carboxylic acids is 1. The molecular weight excluding hydrogens is 326 g/mol. The summed E-state index contributed by atoms with van der Waals surface area (Å²) >= 11 is 0. The minimum atomic E-state index is -0.245. The van der Waals surface area contributed by atoms with E-state index in [9.17, 15) is 10.1 Å².